The molecule has 0 radical (unpaired) electrons. The number of carbonyl (C=O) groups is 1. The Kier molecular flexibility index (Phi) is 6.20. The van der Waals surface area contributed by atoms with Crippen molar-refractivity contribution >= 4 is 5.91 Å². The molecule has 3 aromatic rings. The smallest absolute Gasteiger partial charge is 0.226 e. The summed E-state index contributed by atoms with van der Waals surface area (Å²) in [5.74, 6) is 0.216. The Morgan fingerprint density at radius 1 is 1.11 bits per heavy atom. The van der Waals surface area contributed by atoms with Gasteiger partial charge in [0.1, 0.15) is 11.6 Å². The van der Waals surface area contributed by atoms with Crippen molar-refractivity contribution in [1.82, 2.24) is 14.7 Å². The summed E-state index contributed by atoms with van der Waals surface area (Å²) in [4.78, 5) is 13.9. The van der Waals surface area contributed by atoms with Crippen LogP contribution in [0.4, 0.5) is 4.39 Å². The number of ether oxygens (including phenoxy) is 1. The molecule has 0 aliphatic carbocycles. The zero-order valence-electron chi connectivity index (χ0n) is 15.2. The van der Waals surface area contributed by atoms with Crippen molar-refractivity contribution in [2.24, 2.45) is 0 Å². The van der Waals surface area contributed by atoms with Gasteiger partial charge in [0.15, 0.2) is 0 Å². The molecule has 0 aliphatic rings. The van der Waals surface area contributed by atoms with Crippen molar-refractivity contribution in [3.05, 3.63) is 83.9 Å². The van der Waals surface area contributed by atoms with Crippen LogP contribution in [-0.4, -0.2) is 34.2 Å². The lowest BCUT2D eigenvalue weighted by Crippen LogP contribution is -2.27. The van der Waals surface area contributed by atoms with Crippen LogP contribution < -0.4 is 4.74 Å². The molecule has 6 heteroatoms. The third-order valence-corrected chi connectivity index (χ3v) is 4.12. The number of hydrogen-bond donors (Lipinski definition) is 0. The maximum Gasteiger partial charge on any atom is 0.226 e. The molecule has 0 saturated heterocycles. The van der Waals surface area contributed by atoms with E-state index in [9.17, 15) is 9.18 Å². The fourth-order valence-electron chi connectivity index (χ4n) is 2.68. The molecule has 0 spiro atoms. The molecule has 0 saturated carbocycles. The molecule has 27 heavy (non-hydrogen) atoms. The van der Waals surface area contributed by atoms with Crippen LogP contribution in [0.25, 0.3) is 0 Å². The summed E-state index contributed by atoms with van der Waals surface area (Å²) in [5.41, 5.74) is 2.15. The third kappa shape index (κ3) is 5.67. The van der Waals surface area contributed by atoms with Crippen LogP contribution >= 0.6 is 0 Å². The summed E-state index contributed by atoms with van der Waals surface area (Å²) in [7, 11) is 1.76. The van der Waals surface area contributed by atoms with E-state index in [1.165, 1.54) is 17.7 Å². The lowest BCUT2D eigenvalue weighted by molar-refractivity contribution is -0.130. The molecule has 2 aromatic carbocycles. The van der Waals surface area contributed by atoms with Crippen LogP contribution in [0.1, 0.15) is 17.5 Å². The minimum Gasteiger partial charge on any atom is -0.493 e. The average Bonchev–Trinajstić information content (AvgIpc) is 3.10. The first-order chi connectivity index (χ1) is 13.1. The Labute approximate surface area is 158 Å². The van der Waals surface area contributed by atoms with E-state index in [4.69, 9.17) is 4.74 Å². The Morgan fingerprint density at radius 2 is 1.85 bits per heavy atom. The van der Waals surface area contributed by atoms with Gasteiger partial charge in [0.05, 0.1) is 25.8 Å². The molecule has 1 aromatic heterocycles. The first-order valence-corrected chi connectivity index (χ1v) is 8.78. The molecule has 0 fully saturated rings. The molecule has 0 bridgehead atoms. The SMILES string of the molecule is CN(Cc1cnn(Cc2ccccc2)c1)C(=O)CCOc1ccc(F)cc1. The number of aromatic nitrogens is 2. The zero-order valence-corrected chi connectivity index (χ0v) is 15.2. The van der Waals surface area contributed by atoms with E-state index in [2.05, 4.69) is 17.2 Å². The molecule has 3 rings (SSSR count). The highest BCUT2D eigenvalue weighted by molar-refractivity contribution is 5.75. The minimum atomic E-state index is -0.314. The highest BCUT2D eigenvalue weighted by atomic mass is 19.1. The molecule has 5 nitrogen and oxygen atoms in total. The second-order valence-electron chi connectivity index (χ2n) is 6.33. The van der Waals surface area contributed by atoms with Crippen LogP contribution in [0.2, 0.25) is 0 Å². The molecular weight excluding hydrogens is 345 g/mol. The first-order valence-electron chi connectivity index (χ1n) is 8.78. The van der Waals surface area contributed by atoms with Crippen LogP contribution in [0, 0.1) is 5.82 Å². The van der Waals surface area contributed by atoms with E-state index in [1.54, 1.807) is 30.3 Å². The number of benzene rings is 2. The van der Waals surface area contributed by atoms with E-state index in [0.29, 0.717) is 18.8 Å². The fourth-order valence-corrected chi connectivity index (χ4v) is 2.68. The summed E-state index contributed by atoms with van der Waals surface area (Å²) < 4.78 is 20.2. The largest absolute Gasteiger partial charge is 0.493 e. The van der Waals surface area contributed by atoms with Gasteiger partial charge in [0.2, 0.25) is 5.91 Å². The van der Waals surface area contributed by atoms with Crippen LogP contribution in [0.5, 0.6) is 5.75 Å². The van der Waals surface area contributed by atoms with Gasteiger partial charge < -0.3 is 9.64 Å². The van der Waals surface area contributed by atoms with Gasteiger partial charge in [-0.05, 0) is 29.8 Å². The Hall–Kier alpha value is -3.15. The van der Waals surface area contributed by atoms with E-state index in [1.807, 2.05) is 29.1 Å². The summed E-state index contributed by atoms with van der Waals surface area (Å²) in [6, 6.07) is 15.8. The van der Waals surface area contributed by atoms with Gasteiger partial charge in [0, 0.05) is 25.4 Å². The number of rotatable bonds is 8. The fraction of sp³-hybridized carbons (Fsp3) is 0.238. The standard InChI is InChI=1S/C21H22FN3O2/c1-24(21(26)11-12-27-20-9-7-19(22)8-10-20)14-18-13-23-25(16-18)15-17-5-3-2-4-6-17/h2-10,13,16H,11-12,14-15H2,1H3. The van der Waals surface area contributed by atoms with E-state index in [0.717, 1.165) is 5.56 Å². The quantitative estimate of drug-likeness (QED) is 0.612. The maximum atomic E-state index is 12.9. The van der Waals surface area contributed by atoms with Crippen molar-refractivity contribution in [1.29, 1.82) is 0 Å². The van der Waals surface area contributed by atoms with Gasteiger partial charge in [-0.2, -0.15) is 5.10 Å². The van der Waals surface area contributed by atoms with Crippen LogP contribution in [0.15, 0.2) is 67.0 Å². The molecule has 0 unspecified atom stereocenters. The summed E-state index contributed by atoms with van der Waals surface area (Å²) >= 11 is 0. The van der Waals surface area contributed by atoms with Crippen molar-refractivity contribution in [2.45, 2.75) is 19.5 Å². The highest BCUT2D eigenvalue weighted by Gasteiger charge is 2.11. The van der Waals surface area contributed by atoms with Gasteiger partial charge in [-0.3, -0.25) is 9.48 Å². The summed E-state index contributed by atoms with van der Waals surface area (Å²) in [5, 5.41) is 4.36. The van der Waals surface area contributed by atoms with E-state index >= 15 is 0 Å². The minimum absolute atomic E-state index is 0.0204. The molecular formula is C21H22FN3O2. The maximum absolute atomic E-state index is 12.9. The Morgan fingerprint density at radius 3 is 2.59 bits per heavy atom. The van der Waals surface area contributed by atoms with Gasteiger partial charge in [-0.25, -0.2) is 4.39 Å². The first kappa shape index (κ1) is 18.6. The lowest BCUT2D eigenvalue weighted by Gasteiger charge is -2.16. The predicted octanol–water partition coefficient (Wildman–Crippen LogP) is 3.50. The van der Waals surface area contributed by atoms with Gasteiger partial charge in [-0.15, -0.1) is 0 Å². The lowest BCUT2D eigenvalue weighted by atomic mass is 10.2. The van der Waals surface area contributed by atoms with E-state index in [-0.39, 0.29) is 24.8 Å². The number of halogens is 1. The van der Waals surface area contributed by atoms with Crippen LogP contribution in [-0.2, 0) is 17.9 Å². The molecule has 1 amide bonds. The highest BCUT2D eigenvalue weighted by Crippen LogP contribution is 2.12. The summed E-state index contributed by atoms with van der Waals surface area (Å²) in [6.07, 6.45) is 3.99. The number of carbonyl (C=O) groups excluding carboxylic acids is 1. The van der Waals surface area contributed by atoms with Gasteiger partial charge >= 0.3 is 0 Å². The average molecular weight is 367 g/mol. The third-order valence-electron chi connectivity index (χ3n) is 4.12. The monoisotopic (exact) mass is 367 g/mol. The summed E-state index contributed by atoms with van der Waals surface area (Å²) in [6.45, 7) is 1.44. The van der Waals surface area contributed by atoms with Crippen LogP contribution in [0.3, 0.4) is 0 Å². The predicted molar refractivity (Wildman–Crippen MR) is 101 cm³/mol. The topological polar surface area (TPSA) is 47.4 Å². The molecule has 0 aliphatic heterocycles. The number of nitrogens with zero attached hydrogens (tertiary/aromatic N) is 3. The molecule has 1 heterocycles. The molecule has 0 atom stereocenters. The molecule has 0 N–H and O–H groups in total. The zero-order chi connectivity index (χ0) is 19.1. The Balaban J connectivity index is 1.44. The van der Waals surface area contributed by atoms with Gasteiger partial charge in [0.25, 0.3) is 0 Å². The molecule has 140 valence electrons. The second kappa shape index (κ2) is 8.98. The van der Waals surface area contributed by atoms with Crippen molar-refractivity contribution in [3.63, 3.8) is 0 Å². The van der Waals surface area contributed by atoms with Crippen molar-refractivity contribution < 1.29 is 13.9 Å². The van der Waals surface area contributed by atoms with E-state index < -0.39 is 0 Å². The Bertz CT molecular complexity index is 863. The second-order valence-corrected chi connectivity index (χ2v) is 6.33. The van der Waals surface area contributed by atoms with Gasteiger partial charge in [-0.1, -0.05) is 30.3 Å². The normalized spacial score (nSPS) is 10.6. The number of amides is 1. The van der Waals surface area contributed by atoms with Crippen molar-refractivity contribution in [3.8, 4) is 5.75 Å². The van der Waals surface area contributed by atoms with Crippen molar-refractivity contribution in [2.75, 3.05) is 13.7 Å². The number of hydrogen-bond acceptors (Lipinski definition) is 3.